The Kier molecular flexibility index (Phi) is 5.36. The van der Waals surface area contributed by atoms with Crippen molar-refractivity contribution in [2.75, 3.05) is 0 Å². The second-order valence-corrected chi connectivity index (χ2v) is 4.03. The number of nitrogens with two attached hydrogens (primary N) is 1. The van der Waals surface area contributed by atoms with E-state index < -0.39 is 12.0 Å². The summed E-state index contributed by atoms with van der Waals surface area (Å²) in [6.45, 7) is 0. The maximum atomic E-state index is 11.4. The second-order valence-electron chi connectivity index (χ2n) is 4.03. The molecule has 1 aromatic rings. The first-order valence-corrected chi connectivity index (χ1v) is 5.63. The standard InChI is InChI=1S/C13H17NO3/c14-12(13(16)17)9-11(15)8-4-7-10-5-2-1-3-6-10/h1-3,5-6,12H,4,7-9,14H2,(H,16,17)/t12-/m0/s1. The summed E-state index contributed by atoms with van der Waals surface area (Å²) in [7, 11) is 0. The largest absolute Gasteiger partial charge is 0.480 e. The Labute approximate surface area is 100 Å². The molecule has 3 N–H and O–H groups in total. The van der Waals surface area contributed by atoms with Crippen molar-refractivity contribution in [1.29, 1.82) is 0 Å². The molecule has 1 aromatic carbocycles. The zero-order valence-electron chi connectivity index (χ0n) is 9.63. The Morgan fingerprint density at radius 2 is 1.88 bits per heavy atom. The fourth-order valence-electron chi connectivity index (χ4n) is 1.57. The molecule has 4 heteroatoms. The van der Waals surface area contributed by atoms with Gasteiger partial charge in [-0.2, -0.15) is 0 Å². The van der Waals surface area contributed by atoms with E-state index in [0.717, 1.165) is 12.8 Å². The molecule has 0 aliphatic heterocycles. The molecule has 0 saturated carbocycles. The lowest BCUT2D eigenvalue weighted by Crippen LogP contribution is -2.32. The van der Waals surface area contributed by atoms with Crippen LogP contribution < -0.4 is 5.73 Å². The highest BCUT2D eigenvalue weighted by atomic mass is 16.4. The van der Waals surface area contributed by atoms with Crippen molar-refractivity contribution in [2.24, 2.45) is 5.73 Å². The molecule has 1 atom stereocenters. The van der Waals surface area contributed by atoms with Gasteiger partial charge in [-0.15, -0.1) is 0 Å². The average Bonchev–Trinajstić information content (AvgIpc) is 2.30. The van der Waals surface area contributed by atoms with Crippen LogP contribution in [-0.4, -0.2) is 22.9 Å². The Morgan fingerprint density at radius 3 is 2.47 bits per heavy atom. The van der Waals surface area contributed by atoms with Gasteiger partial charge in [-0.25, -0.2) is 0 Å². The van der Waals surface area contributed by atoms with E-state index in [0.29, 0.717) is 6.42 Å². The molecule has 0 unspecified atom stereocenters. The molecule has 0 saturated heterocycles. The number of rotatable bonds is 7. The van der Waals surface area contributed by atoms with Gasteiger partial charge in [-0.05, 0) is 18.4 Å². The van der Waals surface area contributed by atoms with Crippen molar-refractivity contribution in [2.45, 2.75) is 31.7 Å². The van der Waals surface area contributed by atoms with Crippen LogP contribution in [0.5, 0.6) is 0 Å². The molecular weight excluding hydrogens is 218 g/mol. The van der Waals surface area contributed by atoms with Gasteiger partial charge in [0, 0.05) is 12.8 Å². The number of aryl methyl sites for hydroxylation is 1. The number of Topliss-reactive ketones (excluding diaryl/α,β-unsaturated/α-hetero) is 1. The van der Waals surface area contributed by atoms with Crippen molar-refractivity contribution in [1.82, 2.24) is 0 Å². The van der Waals surface area contributed by atoms with Crippen LogP contribution >= 0.6 is 0 Å². The predicted molar refractivity (Wildman–Crippen MR) is 64.6 cm³/mol. The number of carbonyl (C=O) groups is 2. The van der Waals surface area contributed by atoms with Crippen LogP contribution in [0.3, 0.4) is 0 Å². The minimum Gasteiger partial charge on any atom is -0.480 e. The number of ketones is 1. The monoisotopic (exact) mass is 235 g/mol. The Hall–Kier alpha value is -1.68. The summed E-state index contributed by atoms with van der Waals surface area (Å²) in [5, 5.41) is 8.56. The SMILES string of the molecule is N[C@@H](CC(=O)CCCc1ccccc1)C(=O)O. The maximum Gasteiger partial charge on any atom is 0.320 e. The first-order chi connectivity index (χ1) is 8.09. The van der Waals surface area contributed by atoms with Gasteiger partial charge in [0.25, 0.3) is 0 Å². The van der Waals surface area contributed by atoms with E-state index in [1.54, 1.807) is 0 Å². The van der Waals surface area contributed by atoms with Crippen LogP contribution in [0.1, 0.15) is 24.8 Å². The van der Waals surface area contributed by atoms with Crippen LogP contribution in [0.2, 0.25) is 0 Å². The lowest BCUT2D eigenvalue weighted by Gasteiger charge is -2.05. The molecule has 0 fully saturated rings. The highest BCUT2D eigenvalue weighted by Crippen LogP contribution is 2.06. The first kappa shape index (κ1) is 13.4. The molecule has 0 radical (unpaired) electrons. The van der Waals surface area contributed by atoms with Crippen molar-refractivity contribution in [3.8, 4) is 0 Å². The summed E-state index contributed by atoms with van der Waals surface area (Å²) in [5.74, 6) is -1.21. The molecular formula is C13H17NO3. The highest BCUT2D eigenvalue weighted by Gasteiger charge is 2.15. The summed E-state index contributed by atoms with van der Waals surface area (Å²) >= 11 is 0. The molecule has 0 spiro atoms. The van der Waals surface area contributed by atoms with E-state index >= 15 is 0 Å². The Bertz CT molecular complexity index is 376. The highest BCUT2D eigenvalue weighted by molar-refractivity contribution is 5.85. The summed E-state index contributed by atoms with van der Waals surface area (Å²) in [4.78, 5) is 21.9. The smallest absolute Gasteiger partial charge is 0.320 e. The maximum absolute atomic E-state index is 11.4. The Morgan fingerprint density at radius 1 is 1.24 bits per heavy atom. The van der Waals surface area contributed by atoms with Crippen LogP contribution in [0.25, 0.3) is 0 Å². The van der Waals surface area contributed by atoms with Gasteiger partial charge in [0.15, 0.2) is 0 Å². The molecule has 92 valence electrons. The van der Waals surface area contributed by atoms with Gasteiger partial charge < -0.3 is 10.8 Å². The number of hydrogen-bond donors (Lipinski definition) is 2. The van der Waals surface area contributed by atoms with Crippen LogP contribution in [-0.2, 0) is 16.0 Å². The van der Waals surface area contributed by atoms with Crippen LogP contribution in [0, 0.1) is 0 Å². The third-order valence-corrected chi connectivity index (χ3v) is 2.53. The number of hydrogen-bond acceptors (Lipinski definition) is 3. The number of aliphatic carboxylic acids is 1. The molecule has 0 bridgehead atoms. The predicted octanol–water partition coefficient (Wildman–Crippen LogP) is 1.38. The van der Waals surface area contributed by atoms with Gasteiger partial charge in [0.05, 0.1) is 0 Å². The van der Waals surface area contributed by atoms with E-state index in [1.165, 1.54) is 5.56 Å². The number of benzene rings is 1. The molecule has 1 rings (SSSR count). The summed E-state index contributed by atoms with van der Waals surface area (Å²) in [6.07, 6.45) is 1.87. The normalized spacial score (nSPS) is 12.1. The van der Waals surface area contributed by atoms with Gasteiger partial charge in [0.2, 0.25) is 0 Å². The lowest BCUT2D eigenvalue weighted by molar-refractivity contribution is -0.140. The Balaban J connectivity index is 2.23. The summed E-state index contributed by atoms with van der Waals surface area (Å²) in [5.41, 5.74) is 6.46. The lowest BCUT2D eigenvalue weighted by atomic mass is 10.0. The van der Waals surface area contributed by atoms with Gasteiger partial charge in [-0.1, -0.05) is 30.3 Å². The van der Waals surface area contributed by atoms with Crippen LogP contribution in [0.4, 0.5) is 0 Å². The quantitative estimate of drug-likeness (QED) is 0.748. The van der Waals surface area contributed by atoms with Crippen molar-refractivity contribution >= 4 is 11.8 Å². The minimum absolute atomic E-state index is 0.0792. The minimum atomic E-state index is -1.12. The third kappa shape index (κ3) is 5.26. The molecule has 0 amide bonds. The topological polar surface area (TPSA) is 80.4 Å². The van der Waals surface area contributed by atoms with E-state index in [1.807, 2.05) is 30.3 Å². The van der Waals surface area contributed by atoms with Gasteiger partial charge in [-0.3, -0.25) is 9.59 Å². The fourth-order valence-corrected chi connectivity index (χ4v) is 1.57. The molecule has 0 aliphatic rings. The van der Waals surface area contributed by atoms with E-state index in [2.05, 4.69) is 0 Å². The van der Waals surface area contributed by atoms with Crippen molar-refractivity contribution < 1.29 is 14.7 Å². The van der Waals surface area contributed by atoms with Gasteiger partial charge in [0.1, 0.15) is 11.8 Å². The third-order valence-electron chi connectivity index (χ3n) is 2.53. The van der Waals surface area contributed by atoms with Crippen molar-refractivity contribution in [3.05, 3.63) is 35.9 Å². The fraction of sp³-hybridized carbons (Fsp3) is 0.385. The second kappa shape index (κ2) is 6.81. The van der Waals surface area contributed by atoms with E-state index in [4.69, 9.17) is 10.8 Å². The summed E-state index contributed by atoms with van der Waals surface area (Å²) in [6, 6.07) is 8.80. The average molecular weight is 235 g/mol. The van der Waals surface area contributed by atoms with E-state index in [9.17, 15) is 9.59 Å². The zero-order valence-corrected chi connectivity index (χ0v) is 9.63. The molecule has 17 heavy (non-hydrogen) atoms. The zero-order chi connectivity index (χ0) is 12.7. The molecule has 0 aliphatic carbocycles. The molecule has 0 aromatic heterocycles. The number of carboxylic acids is 1. The van der Waals surface area contributed by atoms with E-state index in [-0.39, 0.29) is 12.2 Å². The summed E-state index contributed by atoms with van der Waals surface area (Å²) < 4.78 is 0. The van der Waals surface area contributed by atoms with Crippen molar-refractivity contribution in [3.63, 3.8) is 0 Å². The van der Waals surface area contributed by atoms with Gasteiger partial charge >= 0.3 is 5.97 Å². The number of carboxylic acid groups (broad SMARTS) is 1. The molecule has 0 heterocycles. The number of carbonyl (C=O) groups excluding carboxylic acids is 1. The van der Waals surface area contributed by atoms with Crippen LogP contribution in [0.15, 0.2) is 30.3 Å². The molecule has 4 nitrogen and oxygen atoms in total. The first-order valence-electron chi connectivity index (χ1n) is 5.63.